The van der Waals surface area contributed by atoms with Crippen LogP contribution in [-0.4, -0.2) is 34.5 Å². The highest BCUT2D eigenvalue weighted by Crippen LogP contribution is 2.21. The number of ether oxygens (including phenoxy) is 1. The summed E-state index contributed by atoms with van der Waals surface area (Å²) in [5, 5.41) is 0. The molecule has 26 heavy (non-hydrogen) atoms. The number of carbonyl (C=O) groups is 1. The summed E-state index contributed by atoms with van der Waals surface area (Å²) in [5.74, 6) is 0.487. The molecule has 2 aromatic carbocycles. The number of hydrogen-bond donors (Lipinski definition) is 1. The van der Waals surface area contributed by atoms with Crippen LogP contribution in [0.15, 0.2) is 47.4 Å². The molecule has 0 unspecified atom stereocenters. The number of nitrogens with zero attached hydrogens (tertiary/aromatic N) is 1. The van der Waals surface area contributed by atoms with Crippen molar-refractivity contribution in [1.29, 1.82) is 0 Å². The van der Waals surface area contributed by atoms with Gasteiger partial charge >= 0.3 is 0 Å². The van der Waals surface area contributed by atoms with Crippen LogP contribution in [0.3, 0.4) is 0 Å². The third kappa shape index (κ3) is 4.83. The van der Waals surface area contributed by atoms with Crippen LogP contribution < -0.4 is 14.4 Å². The summed E-state index contributed by atoms with van der Waals surface area (Å²) < 4.78 is 32.6. The van der Waals surface area contributed by atoms with Crippen LogP contribution in [0.2, 0.25) is 0 Å². The normalized spacial score (nSPS) is 11.2. The molecular formula is C19H24N2O4S. The van der Waals surface area contributed by atoms with E-state index in [4.69, 9.17) is 4.74 Å². The monoisotopic (exact) mass is 376 g/mol. The molecule has 0 atom stereocenters. The average molecular weight is 376 g/mol. The topological polar surface area (TPSA) is 75.7 Å². The first-order valence-corrected chi connectivity index (χ1v) is 9.72. The van der Waals surface area contributed by atoms with Crippen molar-refractivity contribution in [3.05, 3.63) is 53.6 Å². The Morgan fingerprint density at radius 1 is 1.15 bits per heavy atom. The molecule has 1 amide bonds. The molecule has 0 spiro atoms. The number of methoxy groups -OCH3 is 1. The summed E-state index contributed by atoms with van der Waals surface area (Å²) in [5.41, 5.74) is 2.51. The van der Waals surface area contributed by atoms with Crippen molar-refractivity contribution < 1.29 is 17.9 Å². The molecule has 0 radical (unpaired) electrons. The third-order valence-electron chi connectivity index (χ3n) is 4.00. The molecule has 0 aromatic heterocycles. The number of rotatable bonds is 7. The molecule has 6 nitrogen and oxygen atoms in total. The number of anilines is 1. The van der Waals surface area contributed by atoms with E-state index in [1.165, 1.54) is 20.1 Å². The molecule has 140 valence electrons. The van der Waals surface area contributed by atoms with Crippen molar-refractivity contribution in [3.8, 4) is 5.75 Å². The van der Waals surface area contributed by atoms with E-state index in [1.54, 1.807) is 24.0 Å². The minimum absolute atomic E-state index is 0.112. The molecule has 0 fully saturated rings. The molecule has 2 aromatic rings. The lowest BCUT2D eigenvalue weighted by Gasteiger charge is -2.22. The van der Waals surface area contributed by atoms with Gasteiger partial charge in [0.1, 0.15) is 5.75 Å². The number of hydrogen-bond acceptors (Lipinski definition) is 4. The number of aryl methyl sites for hydroxylation is 2. The Labute approximate surface area is 154 Å². The van der Waals surface area contributed by atoms with E-state index < -0.39 is 10.0 Å². The fourth-order valence-corrected chi connectivity index (χ4v) is 3.76. The lowest BCUT2D eigenvalue weighted by molar-refractivity contribution is -0.116. The SMILES string of the molecule is COc1ccc(S(=O)(=O)NCCN(C(C)=O)c2cccc(C)c2)cc1C. The predicted octanol–water partition coefficient (Wildman–Crippen LogP) is 2.64. The summed E-state index contributed by atoms with van der Waals surface area (Å²) in [4.78, 5) is 13.6. The predicted molar refractivity (Wildman–Crippen MR) is 102 cm³/mol. The van der Waals surface area contributed by atoms with E-state index >= 15 is 0 Å². The first-order valence-electron chi connectivity index (χ1n) is 8.23. The number of carbonyl (C=O) groups excluding carboxylic acids is 1. The van der Waals surface area contributed by atoms with Crippen molar-refractivity contribution >= 4 is 21.6 Å². The highest BCUT2D eigenvalue weighted by Gasteiger charge is 2.17. The molecule has 0 heterocycles. The molecule has 0 bridgehead atoms. The van der Waals surface area contributed by atoms with Gasteiger partial charge in [0.15, 0.2) is 0 Å². The minimum atomic E-state index is -3.66. The van der Waals surface area contributed by atoms with Crippen LogP contribution in [0.25, 0.3) is 0 Å². The van der Waals surface area contributed by atoms with Gasteiger partial charge in [-0.2, -0.15) is 0 Å². The largest absolute Gasteiger partial charge is 0.496 e. The van der Waals surface area contributed by atoms with Gasteiger partial charge in [0.25, 0.3) is 0 Å². The molecule has 2 rings (SSSR count). The number of benzene rings is 2. The Hall–Kier alpha value is -2.38. The van der Waals surface area contributed by atoms with Crippen molar-refractivity contribution in [2.75, 3.05) is 25.1 Å². The van der Waals surface area contributed by atoms with Crippen molar-refractivity contribution in [2.45, 2.75) is 25.7 Å². The Balaban J connectivity index is 2.08. The Morgan fingerprint density at radius 2 is 1.88 bits per heavy atom. The number of sulfonamides is 1. The molecule has 0 aliphatic rings. The number of amides is 1. The van der Waals surface area contributed by atoms with Gasteiger partial charge in [0, 0.05) is 25.7 Å². The van der Waals surface area contributed by atoms with Crippen LogP contribution >= 0.6 is 0 Å². The van der Waals surface area contributed by atoms with Crippen molar-refractivity contribution in [1.82, 2.24) is 4.72 Å². The molecule has 0 saturated carbocycles. The lowest BCUT2D eigenvalue weighted by Crippen LogP contribution is -2.37. The lowest BCUT2D eigenvalue weighted by atomic mass is 10.2. The molecule has 0 aliphatic heterocycles. The highest BCUT2D eigenvalue weighted by molar-refractivity contribution is 7.89. The van der Waals surface area contributed by atoms with Crippen LogP contribution in [-0.2, 0) is 14.8 Å². The second-order valence-corrected chi connectivity index (χ2v) is 7.81. The summed E-state index contributed by atoms with van der Waals surface area (Å²) in [6.07, 6.45) is 0. The third-order valence-corrected chi connectivity index (χ3v) is 5.46. The van der Waals surface area contributed by atoms with E-state index in [2.05, 4.69) is 4.72 Å². The van der Waals surface area contributed by atoms with E-state index in [0.717, 1.165) is 16.8 Å². The van der Waals surface area contributed by atoms with Gasteiger partial charge in [-0.3, -0.25) is 4.79 Å². The Kier molecular flexibility index (Phi) is 6.39. The maximum Gasteiger partial charge on any atom is 0.240 e. The summed E-state index contributed by atoms with van der Waals surface area (Å²) >= 11 is 0. The highest BCUT2D eigenvalue weighted by atomic mass is 32.2. The van der Waals surface area contributed by atoms with Gasteiger partial charge in [0.2, 0.25) is 15.9 Å². The smallest absolute Gasteiger partial charge is 0.240 e. The molecule has 1 N–H and O–H groups in total. The molecule has 0 aliphatic carbocycles. The van der Waals surface area contributed by atoms with E-state index in [-0.39, 0.29) is 23.9 Å². The fourth-order valence-electron chi connectivity index (χ4n) is 2.66. The molecule has 7 heteroatoms. The summed E-state index contributed by atoms with van der Waals surface area (Å²) in [6, 6.07) is 12.2. The van der Waals surface area contributed by atoms with Gasteiger partial charge < -0.3 is 9.64 Å². The summed E-state index contributed by atoms with van der Waals surface area (Å²) in [6.45, 7) is 5.54. The summed E-state index contributed by atoms with van der Waals surface area (Å²) in [7, 11) is -2.12. The second kappa shape index (κ2) is 8.33. The zero-order valence-corrected chi connectivity index (χ0v) is 16.3. The van der Waals surface area contributed by atoms with Crippen molar-refractivity contribution in [2.24, 2.45) is 0 Å². The molecular weight excluding hydrogens is 352 g/mol. The molecule has 0 saturated heterocycles. The quantitative estimate of drug-likeness (QED) is 0.806. The minimum Gasteiger partial charge on any atom is -0.496 e. The maximum absolute atomic E-state index is 12.5. The van der Waals surface area contributed by atoms with Gasteiger partial charge in [-0.25, -0.2) is 13.1 Å². The second-order valence-electron chi connectivity index (χ2n) is 6.04. The van der Waals surface area contributed by atoms with Gasteiger partial charge in [-0.05, 0) is 55.3 Å². The van der Waals surface area contributed by atoms with Gasteiger partial charge in [-0.1, -0.05) is 12.1 Å². The van der Waals surface area contributed by atoms with Gasteiger partial charge in [-0.15, -0.1) is 0 Å². The van der Waals surface area contributed by atoms with E-state index in [0.29, 0.717) is 5.75 Å². The average Bonchev–Trinajstić information content (AvgIpc) is 2.58. The van der Waals surface area contributed by atoms with Crippen LogP contribution in [0.5, 0.6) is 5.75 Å². The first kappa shape index (κ1) is 19.9. The fraction of sp³-hybridized carbons (Fsp3) is 0.316. The van der Waals surface area contributed by atoms with Crippen LogP contribution in [0.4, 0.5) is 5.69 Å². The van der Waals surface area contributed by atoms with E-state index in [1.807, 2.05) is 31.2 Å². The van der Waals surface area contributed by atoms with Crippen molar-refractivity contribution in [3.63, 3.8) is 0 Å². The Bertz CT molecular complexity index is 894. The maximum atomic E-state index is 12.5. The zero-order valence-electron chi connectivity index (χ0n) is 15.4. The Morgan fingerprint density at radius 3 is 2.46 bits per heavy atom. The number of nitrogens with one attached hydrogen (secondary N) is 1. The van der Waals surface area contributed by atoms with Crippen LogP contribution in [0.1, 0.15) is 18.1 Å². The zero-order chi connectivity index (χ0) is 19.3. The van der Waals surface area contributed by atoms with Crippen LogP contribution in [0, 0.1) is 13.8 Å². The van der Waals surface area contributed by atoms with Gasteiger partial charge in [0.05, 0.1) is 12.0 Å². The standard InChI is InChI=1S/C19H24N2O4S/c1-14-6-5-7-17(12-14)21(16(3)22)11-10-20-26(23,24)18-8-9-19(25-4)15(2)13-18/h5-9,12-13,20H,10-11H2,1-4H3. The van der Waals surface area contributed by atoms with E-state index in [9.17, 15) is 13.2 Å². The first-order chi connectivity index (χ1) is 12.2.